The Morgan fingerprint density at radius 1 is 1.22 bits per heavy atom. The highest BCUT2D eigenvalue weighted by molar-refractivity contribution is 5.58. The standard InChI is InChI=1S/C14H14F4N4O/c1-8(7-23)19-13-21-11(14(16,17)18)6-12(22-13)20-10-5-3-2-4-9(10)15/h2-6,8,23H,7H2,1H3,(H2,19,20,21,22)/t8-/m0/s1. The Bertz CT molecular complexity index is 678. The smallest absolute Gasteiger partial charge is 0.394 e. The number of nitrogens with one attached hydrogen (secondary N) is 2. The van der Waals surface area contributed by atoms with Crippen molar-refractivity contribution in [2.45, 2.75) is 19.1 Å². The first kappa shape index (κ1) is 16.9. The van der Waals surface area contributed by atoms with Gasteiger partial charge in [0.1, 0.15) is 11.6 Å². The minimum absolute atomic E-state index is 0.0134. The lowest BCUT2D eigenvalue weighted by Crippen LogP contribution is -2.22. The molecule has 1 aromatic carbocycles. The molecule has 9 heteroatoms. The fraction of sp³-hybridized carbons (Fsp3) is 0.286. The molecule has 2 rings (SSSR count). The molecule has 5 nitrogen and oxygen atoms in total. The monoisotopic (exact) mass is 330 g/mol. The summed E-state index contributed by atoms with van der Waals surface area (Å²) in [6.07, 6.45) is -4.69. The summed E-state index contributed by atoms with van der Waals surface area (Å²) >= 11 is 0. The quantitative estimate of drug-likeness (QED) is 0.735. The molecule has 0 amide bonds. The number of halogens is 4. The number of para-hydroxylation sites is 1. The maximum absolute atomic E-state index is 13.6. The SMILES string of the molecule is C[C@@H](CO)Nc1nc(Nc2ccccc2F)cc(C(F)(F)F)n1. The van der Waals surface area contributed by atoms with Gasteiger partial charge in [-0.05, 0) is 19.1 Å². The minimum Gasteiger partial charge on any atom is -0.394 e. The van der Waals surface area contributed by atoms with Crippen LogP contribution in [-0.4, -0.2) is 27.7 Å². The van der Waals surface area contributed by atoms with E-state index in [1.807, 2.05) is 0 Å². The van der Waals surface area contributed by atoms with Crippen LogP contribution in [-0.2, 0) is 6.18 Å². The van der Waals surface area contributed by atoms with Crippen LogP contribution in [0.25, 0.3) is 0 Å². The van der Waals surface area contributed by atoms with Crippen molar-refractivity contribution in [2.75, 3.05) is 17.2 Å². The van der Waals surface area contributed by atoms with Gasteiger partial charge in [0.15, 0.2) is 5.69 Å². The first-order valence-corrected chi connectivity index (χ1v) is 6.65. The highest BCUT2D eigenvalue weighted by Gasteiger charge is 2.34. The molecule has 0 unspecified atom stereocenters. The van der Waals surface area contributed by atoms with Gasteiger partial charge < -0.3 is 15.7 Å². The van der Waals surface area contributed by atoms with Crippen LogP contribution in [0.15, 0.2) is 30.3 Å². The molecule has 2 aromatic rings. The van der Waals surface area contributed by atoms with E-state index in [-0.39, 0.29) is 24.1 Å². The second kappa shape index (κ2) is 6.78. The van der Waals surface area contributed by atoms with Gasteiger partial charge in [0.2, 0.25) is 5.95 Å². The van der Waals surface area contributed by atoms with Gasteiger partial charge in [-0.25, -0.2) is 9.37 Å². The van der Waals surface area contributed by atoms with Gasteiger partial charge in [-0.2, -0.15) is 18.2 Å². The lowest BCUT2D eigenvalue weighted by molar-refractivity contribution is -0.141. The normalized spacial score (nSPS) is 12.8. The fourth-order valence-corrected chi connectivity index (χ4v) is 1.69. The molecule has 1 heterocycles. The van der Waals surface area contributed by atoms with Gasteiger partial charge in [0.25, 0.3) is 0 Å². The Morgan fingerprint density at radius 3 is 2.52 bits per heavy atom. The van der Waals surface area contributed by atoms with E-state index in [4.69, 9.17) is 5.11 Å². The van der Waals surface area contributed by atoms with Crippen LogP contribution in [0.4, 0.5) is 35.0 Å². The summed E-state index contributed by atoms with van der Waals surface area (Å²) in [6.45, 7) is 1.24. The molecule has 0 fully saturated rings. The van der Waals surface area contributed by atoms with E-state index in [1.54, 1.807) is 6.92 Å². The van der Waals surface area contributed by atoms with Crippen molar-refractivity contribution in [3.8, 4) is 0 Å². The number of rotatable bonds is 5. The van der Waals surface area contributed by atoms with Crippen molar-refractivity contribution in [3.63, 3.8) is 0 Å². The molecule has 0 aliphatic rings. The number of alkyl halides is 3. The summed E-state index contributed by atoms with van der Waals surface area (Å²) in [4.78, 5) is 7.22. The Labute approximate surface area is 129 Å². The lowest BCUT2D eigenvalue weighted by Gasteiger charge is -2.15. The second-order valence-corrected chi connectivity index (χ2v) is 4.79. The van der Waals surface area contributed by atoms with Crippen molar-refractivity contribution in [2.24, 2.45) is 0 Å². The Morgan fingerprint density at radius 2 is 1.91 bits per heavy atom. The molecule has 124 valence electrons. The molecule has 0 aliphatic carbocycles. The largest absolute Gasteiger partial charge is 0.433 e. The van der Waals surface area contributed by atoms with Gasteiger partial charge in [0.05, 0.1) is 12.3 Å². The number of hydrogen-bond acceptors (Lipinski definition) is 5. The molecular weight excluding hydrogens is 316 g/mol. The maximum Gasteiger partial charge on any atom is 0.433 e. The molecule has 1 aromatic heterocycles. The number of hydrogen-bond donors (Lipinski definition) is 3. The van der Waals surface area contributed by atoms with Gasteiger partial charge >= 0.3 is 6.18 Å². The molecule has 0 radical (unpaired) electrons. The molecule has 1 atom stereocenters. The van der Waals surface area contributed by atoms with E-state index in [9.17, 15) is 17.6 Å². The van der Waals surface area contributed by atoms with Crippen LogP contribution in [0.3, 0.4) is 0 Å². The highest BCUT2D eigenvalue weighted by atomic mass is 19.4. The first-order valence-electron chi connectivity index (χ1n) is 6.65. The van der Waals surface area contributed by atoms with Crippen LogP contribution < -0.4 is 10.6 Å². The Hall–Kier alpha value is -2.42. The van der Waals surface area contributed by atoms with Crippen LogP contribution >= 0.6 is 0 Å². The minimum atomic E-state index is -4.69. The third kappa shape index (κ3) is 4.52. The van der Waals surface area contributed by atoms with Gasteiger partial charge in [-0.3, -0.25) is 0 Å². The summed E-state index contributed by atoms with van der Waals surface area (Å²) in [5.74, 6) is -1.16. The first-order chi connectivity index (χ1) is 10.8. The average molecular weight is 330 g/mol. The van der Waals surface area contributed by atoms with E-state index in [2.05, 4.69) is 20.6 Å². The second-order valence-electron chi connectivity index (χ2n) is 4.79. The van der Waals surface area contributed by atoms with Crippen LogP contribution in [0, 0.1) is 5.82 Å². The predicted molar refractivity (Wildman–Crippen MR) is 76.9 cm³/mol. The third-order valence-electron chi connectivity index (χ3n) is 2.80. The molecule has 0 saturated carbocycles. The van der Waals surface area contributed by atoms with Crippen LogP contribution in [0.2, 0.25) is 0 Å². The zero-order valence-electron chi connectivity index (χ0n) is 12.0. The fourth-order valence-electron chi connectivity index (χ4n) is 1.69. The number of aliphatic hydroxyl groups excluding tert-OH is 1. The number of aromatic nitrogens is 2. The van der Waals surface area contributed by atoms with Crippen LogP contribution in [0.1, 0.15) is 12.6 Å². The number of nitrogens with zero attached hydrogens (tertiary/aromatic N) is 2. The Kier molecular flexibility index (Phi) is 4.99. The molecule has 23 heavy (non-hydrogen) atoms. The van der Waals surface area contributed by atoms with E-state index in [0.717, 1.165) is 0 Å². The van der Waals surface area contributed by atoms with E-state index >= 15 is 0 Å². The Balaban J connectivity index is 2.38. The number of benzene rings is 1. The van der Waals surface area contributed by atoms with Crippen molar-refractivity contribution >= 4 is 17.5 Å². The molecular formula is C14H14F4N4O. The number of anilines is 3. The summed E-state index contributed by atoms with van der Waals surface area (Å²) < 4.78 is 52.3. The van der Waals surface area contributed by atoms with E-state index in [1.165, 1.54) is 24.3 Å². The topological polar surface area (TPSA) is 70.1 Å². The zero-order chi connectivity index (χ0) is 17.0. The van der Waals surface area contributed by atoms with Crippen molar-refractivity contribution < 1.29 is 22.7 Å². The molecule has 0 bridgehead atoms. The molecule has 3 N–H and O–H groups in total. The summed E-state index contributed by atoms with van der Waals surface area (Å²) in [5.41, 5.74) is -1.19. The average Bonchev–Trinajstić information content (AvgIpc) is 2.48. The summed E-state index contributed by atoms with van der Waals surface area (Å²) in [7, 11) is 0. The molecule has 0 aliphatic heterocycles. The van der Waals surface area contributed by atoms with Gasteiger partial charge in [-0.15, -0.1) is 0 Å². The lowest BCUT2D eigenvalue weighted by atomic mass is 10.3. The number of aliphatic hydroxyl groups is 1. The third-order valence-corrected chi connectivity index (χ3v) is 2.80. The van der Waals surface area contributed by atoms with E-state index < -0.39 is 23.7 Å². The summed E-state index contributed by atoms with van der Waals surface area (Å²) in [5, 5.41) is 14.0. The summed E-state index contributed by atoms with van der Waals surface area (Å²) in [6, 6.07) is 5.66. The molecule has 0 spiro atoms. The van der Waals surface area contributed by atoms with Crippen molar-refractivity contribution in [1.82, 2.24) is 9.97 Å². The zero-order valence-corrected chi connectivity index (χ0v) is 12.0. The van der Waals surface area contributed by atoms with Gasteiger partial charge in [-0.1, -0.05) is 12.1 Å². The van der Waals surface area contributed by atoms with Crippen molar-refractivity contribution in [1.29, 1.82) is 0 Å². The van der Waals surface area contributed by atoms with Crippen LogP contribution in [0.5, 0.6) is 0 Å². The molecule has 0 saturated heterocycles. The van der Waals surface area contributed by atoms with Gasteiger partial charge in [0, 0.05) is 12.1 Å². The van der Waals surface area contributed by atoms with E-state index in [0.29, 0.717) is 6.07 Å². The maximum atomic E-state index is 13.6. The highest BCUT2D eigenvalue weighted by Crippen LogP contribution is 2.30. The predicted octanol–water partition coefficient (Wildman–Crippen LogP) is 3.17. The van der Waals surface area contributed by atoms with Crippen molar-refractivity contribution in [3.05, 3.63) is 41.8 Å².